The maximum Gasteiger partial charge on any atom is 0.0478 e. The molecule has 0 saturated heterocycles. The quantitative estimate of drug-likeness (QED) is 0.557. The lowest BCUT2D eigenvalue weighted by Gasteiger charge is -1.93. The number of rotatable bonds is 1. The van der Waals surface area contributed by atoms with Crippen LogP contribution in [-0.4, -0.2) is 0 Å². The molecule has 0 unspecified atom stereocenters. The van der Waals surface area contributed by atoms with Gasteiger partial charge >= 0.3 is 0 Å². The molecule has 0 aromatic heterocycles. The smallest absolute Gasteiger partial charge is 0.0478 e. The third-order valence-electron chi connectivity index (χ3n) is 1.26. The summed E-state index contributed by atoms with van der Waals surface area (Å²) in [7, 11) is 0. The summed E-state index contributed by atoms with van der Waals surface area (Å²) in [5.74, 6) is 2.40. The molecule has 1 aromatic rings. The van der Waals surface area contributed by atoms with Gasteiger partial charge in [-0.1, -0.05) is 35.7 Å². The molecule has 0 amide bonds. The zero-order valence-electron chi connectivity index (χ0n) is 5.92. The van der Waals surface area contributed by atoms with Crippen LogP contribution in [0, 0.1) is 12.3 Å². The number of terminal acetylenes is 1. The van der Waals surface area contributed by atoms with Gasteiger partial charge in [0, 0.05) is 5.02 Å². The molecule has 0 fully saturated rings. The Bertz CT molecular complexity index is 305. The van der Waals surface area contributed by atoms with E-state index in [2.05, 4.69) is 5.92 Å². The van der Waals surface area contributed by atoms with Crippen LogP contribution < -0.4 is 0 Å². The molecule has 0 bridgehead atoms. The summed E-state index contributed by atoms with van der Waals surface area (Å²) >= 11 is 5.84. The fourth-order valence-corrected chi connectivity index (χ4v) is 0.947. The van der Waals surface area contributed by atoms with Crippen LogP contribution in [-0.2, 0) is 0 Å². The molecular weight excluding hydrogens is 156 g/mol. The van der Waals surface area contributed by atoms with Gasteiger partial charge in [-0.15, -0.1) is 6.42 Å². The van der Waals surface area contributed by atoms with Crippen molar-refractivity contribution in [3.8, 4) is 12.3 Å². The van der Waals surface area contributed by atoms with Gasteiger partial charge in [0.25, 0.3) is 0 Å². The van der Waals surface area contributed by atoms with Gasteiger partial charge in [0.2, 0.25) is 0 Å². The summed E-state index contributed by atoms with van der Waals surface area (Å²) in [6.45, 7) is 0. The molecule has 1 rings (SSSR count). The lowest BCUT2D eigenvalue weighted by molar-refractivity contribution is 1.66. The minimum Gasteiger partial charge on any atom is -0.115 e. The normalized spacial score (nSPS) is 9.82. The molecule has 0 radical (unpaired) electrons. The standard InChI is InChI=1S/C10H7Cl/c1-2-3-6-9-7-4-5-8-10(9)11/h1,3-8H/b6-3+. The molecule has 0 saturated carbocycles. The Labute approximate surface area is 71.5 Å². The second-order valence-corrected chi connectivity index (χ2v) is 2.43. The van der Waals surface area contributed by atoms with Crippen molar-refractivity contribution in [1.29, 1.82) is 0 Å². The molecule has 54 valence electrons. The van der Waals surface area contributed by atoms with Crippen molar-refractivity contribution in [2.24, 2.45) is 0 Å². The van der Waals surface area contributed by atoms with Crippen LogP contribution in [0.2, 0.25) is 5.02 Å². The molecule has 0 aliphatic rings. The van der Waals surface area contributed by atoms with E-state index < -0.39 is 0 Å². The third-order valence-corrected chi connectivity index (χ3v) is 1.61. The topological polar surface area (TPSA) is 0 Å². The first-order valence-corrected chi connectivity index (χ1v) is 3.59. The van der Waals surface area contributed by atoms with Crippen LogP contribution in [0.15, 0.2) is 30.3 Å². The van der Waals surface area contributed by atoms with Gasteiger partial charge in [-0.3, -0.25) is 0 Å². The van der Waals surface area contributed by atoms with Crippen LogP contribution in [0.1, 0.15) is 5.56 Å². The van der Waals surface area contributed by atoms with E-state index in [1.807, 2.05) is 30.3 Å². The van der Waals surface area contributed by atoms with Crippen LogP contribution in [0.5, 0.6) is 0 Å². The summed E-state index contributed by atoms with van der Waals surface area (Å²) in [4.78, 5) is 0. The van der Waals surface area contributed by atoms with E-state index in [0.29, 0.717) is 0 Å². The van der Waals surface area contributed by atoms with E-state index in [4.69, 9.17) is 18.0 Å². The van der Waals surface area contributed by atoms with E-state index in [9.17, 15) is 0 Å². The minimum absolute atomic E-state index is 0.721. The zero-order valence-corrected chi connectivity index (χ0v) is 6.68. The van der Waals surface area contributed by atoms with Crippen molar-refractivity contribution in [1.82, 2.24) is 0 Å². The van der Waals surface area contributed by atoms with Crippen molar-refractivity contribution in [3.05, 3.63) is 40.9 Å². The van der Waals surface area contributed by atoms with Crippen molar-refractivity contribution < 1.29 is 0 Å². The molecule has 0 aliphatic heterocycles. The van der Waals surface area contributed by atoms with E-state index >= 15 is 0 Å². The summed E-state index contributed by atoms with van der Waals surface area (Å²) in [6, 6.07) is 7.55. The maximum atomic E-state index is 5.84. The monoisotopic (exact) mass is 162 g/mol. The highest BCUT2D eigenvalue weighted by molar-refractivity contribution is 6.32. The maximum absolute atomic E-state index is 5.84. The second kappa shape index (κ2) is 3.85. The second-order valence-electron chi connectivity index (χ2n) is 2.02. The Hall–Kier alpha value is -1.19. The number of halogens is 1. The van der Waals surface area contributed by atoms with Crippen molar-refractivity contribution in [2.45, 2.75) is 0 Å². The predicted octanol–water partition coefficient (Wildman–Crippen LogP) is 2.99. The number of hydrogen-bond donors (Lipinski definition) is 0. The Kier molecular flexibility index (Phi) is 2.77. The third kappa shape index (κ3) is 2.14. The minimum atomic E-state index is 0.721. The molecule has 1 heteroatoms. The van der Waals surface area contributed by atoms with Gasteiger partial charge in [-0.05, 0) is 23.8 Å². The number of benzene rings is 1. The van der Waals surface area contributed by atoms with Gasteiger partial charge in [-0.2, -0.15) is 0 Å². The lowest BCUT2D eigenvalue weighted by Crippen LogP contribution is -1.71. The van der Waals surface area contributed by atoms with Gasteiger partial charge in [-0.25, -0.2) is 0 Å². The number of hydrogen-bond acceptors (Lipinski definition) is 0. The van der Waals surface area contributed by atoms with Crippen molar-refractivity contribution in [2.75, 3.05) is 0 Å². The van der Waals surface area contributed by atoms with Crippen LogP contribution in [0.25, 0.3) is 6.08 Å². The van der Waals surface area contributed by atoms with Gasteiger partial charge in [0.05, 0.1) is 0 Å². The first-order valence-electron chi connectivity index (χ1n) is 3.22. The van der Waals surface area contributed by atoms with Crippen molar-refractivity contribution >= 4 is 17.7 Å². The van der Waals surface area contributed by atoms with E-state index in [0.717, 1.165) is 10.6 Å². The summed E-state index contributed by atoms with van der Waals surface area (Å²) in [5, 5.41) is 0.721. The predicted molar refractivity (Wildman–Crippen MR) is 49.3 cm³/mol. The van der Waals surface area contributed by atoms with E-state index in [-0.39, 0.29) is 0 Å². The fourth-order valence-electron chi connectivity index (χ4n) is 0.748. The largest absolute Gasteiger partial charge is 0.115 e. The van der Waals surface area contributed by atoms with Crippen LogP contribution >= 0.6 is 11.6 Å². The molecule has 1 aromatic carbocycles. The number of allylic oxidation sites excluding steroid dienone is 1. The summed E-state index contributed by atoms with van der Waals surface area (Å²) < 4.78 is 0. The van der Waals surface area contributed by atoms with Crippen LogP contribution in [0.3, 0.4) is 0 Å². The Balaban J connectivity index is 2.97. The van der Waals surface area contributed by atoms with Crippen molar-refractivity contribution in [3.63, 3.8) is 0 Å². The Morgan fingerprint density at radius 2 is 2.09 bits per heavy atom. The lowest BCUT2D eigenvalue weighted by atomic mass is 10.2. The molecule has 0 aliphatic carbocycles. The molecule has 0 N–H and O–H groups in total. The highest BCUT2D eigenvalue weighted by Gasteiger charge is 1.90. The Morgan fingerprint density at radius 3 is 2.73 bits per heavy atom. The molecule has 0 atom stereocenters. The molecule has 0 spiro atoms. The van der Waals surface area contributed by atoms with Crippen LogP contribution in [0.4, 0.5) is 0 Å². The summed E-state index contributed by atoms with van der Waals surface area (Å²) in [5.41, 5.74) is 0.951. The Morgan fingerprint density at radius 1 is 1.36 bits per heavy atom. The van der Waals surface area contributed by atoms with E-state index in [1.165, 1.54) is 0 Å². The SMILES string of the molecule is C#C/C=C/c1ccccc1Cl. The van der Waals surface area contributed by atoms with Gasteiger partial charge < -0.3 is 0 Å². The zero-order chi connectivity index (χ0) is 8.10. The molecular formula is C10H7Cl. The summed E-state index contributed by atoms with van der Waals surface area (Å²) in [6.07, 6.45) is 8.48. The molecule has 11 heavy (non-hydrogen) atoms. The first kappa shape index (κ1) is 7.91. The van der Waals surface area contributed by atoms with Gasteiger partial charge in [0.1, 0.15) is 0 Å². The highest BCUT2D eigenvalue weighted by Crippen LogP contribution is 2.15. The highest BCUT2D eigenvalue weighted by atomic mass is 35.5. The molecule has 0 nitrogen and oxygen atoms in total. The first-order chi connectivity index (χ1) is 5.34. The fraction of sp³-hybridized carbons (Fsp3) is 0. The van der Waals surface area contributed by atoms with E-state index in [1.54, 1.807) is 6.08 Å². The average Bonchev–Trinajstić information content (AvgIpc) is 2.03. The molecule has 0 heterocycles. The van der Waals surface area contributed by atoms with Gasteiger partial charge in [0.15, 0.2) is 0 Å². The average molecular weight is 163 g/mol.